The van der Waals surface area contributed by atoms with Crippen molar-refractivity contribution >= 4 is 17.7 Å². The summed E-state index contributed by atoms with van der Waals surface area (Å²) in [5.74, 6) is 3.25. The Bertz CT molecular complexity index is 1460. The van der Waals surface area contributed by atoms with Crippen LogP contribution >= 0.6 is 0 Å². The Labute approximate surface area is 208 Å². The maximum absolute atomic E-state index is 12.1. The predicted octanol–water partition coefficient (Wildman–Crippen LogP) is 2.55. The van der Waals surface area contributed by atoms with Gasteiger partial charge in [0.1, 0.15) is 17.6 Å². The molecule has 0 radical (unpaired) electrons. The Balaban J connectivity index is 1.37. The Morgan fingerprint density at radius 3 is 2.81 bits per heavy atom. The van der Waals surface area contributed by atoms with Crippen molar-refractivity contribution in [1.82, 2.24) is 29.9 Å². The number of pyridine rings is 1. The van der Waals surface area contributed by atoms with Crippen molar-refractivity contribution in [2.45, 2.75) is 25.4 Å². The molecular weight excluding hydrogens is 456 g/mol. The second-order valence-corrected chi connectivity index (χ2v) is 8.38. The van der Waals surface area contributed by atoms with E-state index in [9.17, 15) is 4.79 Å². The van der Waals surface area contributed by atoms with Gasteiger partial charge in [0.25, 0.3) is 0 Å². The molecule has 0 bridgehead atoms. The molecule has 0 amide bonds. The molecule has 5 rings (SSSR count). The maximum Gasteiger partial charge on any atom is 0.328 e. The molecule has 4 aromatic rings. The topological polar surface area (TPSA) is 125 Å². The number of carbonyl (C=O) groups excluding carboxylic acids is 1. The lowest BCUT2D eigenvalue weighted by atomic mass is 10.1. The molecule has 180 valence electrons. The lowest BCUT2D eigenvalue weighted by Crippen LogP contribution is -2.37. The quantitative estimate of drug-likeness (QED) is 0.327. The van der Waals surface area contributed by atoms with Crippen molar-refractivity contribution in [2.75, 3.05) is 24.3 Å². The molecule has 10 nitrogen and oxygen atoms in total. The standard InChI is InChI=1S/C26H24N8O2/c1-3-17-7-4-8-18(13-17)20-14-21(30-26(27)29-20)22-16-33(32-31-22)15-19-9-5-11-24(28-19)34-12-6-10-23(34)25(35)36-2/h1,4-5,7-9,11,13-14,16,23H,6,10,12,15H2,2H3,(H2,27,29,30)/t23-/m1/s1. The summed E-state index contributed by atoms with van der Waals surface area (Å²) in [7, 11) is 1.41. The third-order valence-electron chi connectivity index (χ3n) is 6.01. The first-order chi connectivity index (χ1) is 17.5. The van der Waals surface area contributed by atoms with Crippen LogP contribution in [-0.2, 0) is 16.1 Å². The Morgan fingerprint density at radius 1 is 1.14 bits per heavy atom. The molecule has 0 spiro atoms. The van der Waals surface area contributed by atoms with Crippen molar-refractivity contribution in [2.24, 2.45) is 0 Å². The number of nitrogen functional groups attached to an aromatic ring is 1. The normalized spacial score (nSPS) is 15.0. The van der Waals surface area contributed by atoms with Gasteiger partial charge in [0, 0.05) is 17.7 Å². The van der Waals surface area contributed by atoms with E-state index in [1.165, 1.54) is 7.11 Å². The SMILES string of the molecule is C#Cc1cccc(-c2cc(-c3cn(Cc4cccc(N5CCC[C@@H]5C(=O)OC)n4)nn3)nc(N)n2)c1. The Kier molecular flexibility index (Phi) is 6.28. The summed E-state index contributed by atoms with van der Waals surface area (Å²) in [4.78, 5) is 27.6. The molecule has 1 aromatic carbocycles. The van der Waals surface area contributed by atoms with Crippen LogP contribution in [-0.4, -0.2) is 55.6 Å². The van der Waals surface area contributed by atoms with Crippen molar-refractivity contribution in [3.05, 3.63) is 66.0 Å². The summed E-state index contributed by atoms with van der Waals surface area (Å²) in [6.45, 7) is 1.15. The first-order valence-corrected chi connectivity index (χ1v) is 11.5. The first-order valence-electron chi connectivity index (χ1n) is 11.5. The number of rotatable bonds is 6. The van der Waals surface area contributed by atoms with Crippen molar-refractivity contribution in [3.63, 3.8) is 0 Å². The maximum atomic E-state index is 12.1. The van der Waals surface area contributed by atoms with Gasteiger partial charge in [-0.1, -0.05) is 29.3 Å². The van der Waals surface area contributed by atoms with Gasteiger partial charge in [-0.15, -0.1) is 11.5 Å². The molecule has 10 heteroatoms. The third kappa shape index (κ3) is 4.72. The molecule has 36 heavy (non-hydrogen) atoms. The van der Waals surface area contributed by atoms with E-state index < -0.39 is 0 Å². The number of esters is 1. The van der Waals surface area contributed by atoms with E-state index in [0.717, 1.165) is 42.0 Å². The molecule has 1 aliphatic rings. The smallest absolute Gasteiger partial charge is 0.328 e. The molecular formula is C26H24N8O2. The average molecular weight is 481 g/mol. The van der Waals surface area contributed by atoms with E-state index in [1.807, 2.05) is 47.4 Å². The van der Waals surface area contributed by atoms with Gasteiger partial charge in [-0.2, -0.15) is 0 Å². The molecule has 1 fully saturated rings. The van der Waals surface area contributed by atoms with Crippen LogP contribution in [0.2, 0.25) is 0 Å². The van der Waals surface area contributed by atoms with E-state index in [2.05, 4.69) is 26.2 Å². The molecule has 3 aromatic heterocycles. The minimum atomic E-state index is -0.311. The number of anilines is 2. The summed E-state index contributed by atoms with van der Waals surface area (Å²) < 4.78 is 6.64. The molecule has 0 saturated carbocycles. The summed E-state index contributed by atoms with van der Waals surface area (Å²) in [5.41, 5.74) is 10.1. The highest BCUT2D eigenvalue weighted by Crippen LogP contribution is 2.26. The number of ether oxygens (including phenoxy) is 1. The fourth-order valence-corrected chi connectivity index (χ4v) is 4.31. The van der Waals surface area contributed by atoms with E-state index in [1.54, 1.807) is 16.9 Å². The zero-order chi connectivity index (χ0) is 25.1. The first kappa shape index (κ1) is 23.0. The van der Waals surface area contributed by atoms with E-state index in [0.29, 0.717) is 23.6 Å². The summed E-state index contributed by atoms with van der Waals surface area (Å²) in [5, 5.41) is 8.52. The van der Waals surface area contributed by atoms with Crippen LogP contribution in [0.25, 0.3) is 22.6 Å². The van der Waals surface area contributed by atoms with Gasteiger partial charge < -0.3 is 15.4 Å². The van der Waals surface area contributed by atoms with E-state index in [-0.39, 0.29) is 18.0 Å². The minimum absolute atomic E-state index is 0.128. The van der Waals surface area contributed by atoms with E-state index in [4.69, 9.17) is 21.9 Å². The van der Waals surface area contributed by atoms with Crippen molar-refractivity contribution in [3.8, 4) is 35.0 Å². The number of terminal acetylenes is 1. The monoisotopic (exact) mass is 480 g/mol. The summed E-state index contributed by atoms with van der Waals surface area (Å²) in [6.07, 6.45) is 8.97. The number of methoxy groups -OCH3 is 1. The zero-order valence-corrected chi connectivity index (χ0v) is 19.7. The van der Waals surface area contributed by atoms with Gasteiger partial charge in [0.2, 0.25) is 5.95 Å². The van der Waals surface area contributed by atoms with Gasteiger partial charge >= 0.3 is 5.97 Å². The zero-order valence-electron chi connectivity index (χ0n) is 19.7. The highest BCUT2D eigenvalue weighted by atomic mass is 16.5. The largest absolute Gasteiger partial charge is 0.467 e. The molecule has 4 heterocycles. The number of nitrogens with zero attached hydrogens (tertiary/aromatic N) is 7. The molecule has 1 saturated heterocycles. The van der Waals surface area contributed by atoms with Crippen LogP contribution in [0.15, 0.2) is 54.7 Å². The minimum Gasteiger partial charge on any atom is -0.467 e. The highest BCUT2D eigenvalue weighted by Gasteiger charge is 2.32. The molecule has 1 atom stereocenters. The Hall–Kier alpha value is -4.78. The van der Waals surface area contributed by atoms with E-state index >= 15 is 0 Å². The Morgan fingerprint density at radius 2 is 1.97 bits per heavy atom. The van der Waals surface area contributed by atoms with Crippen LogP contribution in [0, 0.1) is 12.3 Å². The van der Waals surface area contributed by atoms with Gasteiger partial charge in [0.15, 0.2) is 0 Å². The van der Waals surface area contributed by atoms with Gasteiger partial charge in [-0.05, 0) is 43.2 Å². The van der Waals surface area contributed by atoms with Crippen LogP contribution in [0.5, 0.6) is 0 Å². The number of benzene rings is 1. The van der Waals surface area contributed by atoms with Crippen molar-refractivity contribution in [1.29, 1.82) is 0 Å². The molecule has 0 unspecified atom stereocenters. The molecule has 2 N–H and O–H groups in total. The number of carbonyl (C=O) groups is 1. The second-order valence-electron chi connectivity index (χ2n) is 8.38. The number of nitrogens with two attached hydrogens (primary N) is 1. The van der Waals surface area contributed by atoms with Crippen molar-refractivity contribution < 1.29 is 9.53 Å². The van der Waals surface area contributed by atoms with Crippen LogP contribution in [0.4, 0.5) is 11.8 Å². The highest BCUT2D eigenvalue weighted by molar-refractivity contribution is 5.80. The fraction of sp³-hybridized carbons (Fsp3) is 0.231. The lowest BCUT2D eigenvalue weighted by molar-refractivity contribution is -0.141. The van der Waals surface area contributed by atoms with Gasteiger partial charge in [-0.25, -0.2) is 24.4 Å². The molecule has 0 aliphatic carbocycles. The van der Waals surface area contributed by atoms with Crippen LogP contribution in [0.1, 0.15) is 24.1 Å². The number of aromatic nitrogens is 6. The number of hydrogen-bond donors (Lipinski definition) is 1. The summed E-state index contributed by atoms with van der Waals surface area (Å²) in [6, 6.07) is 14.7. The van der Waals surface area contributed by atoms with Crippen LogP contribution in [0.3, 0.4) is 0 Å². The predicted molar refractivity (Wildman–Crippen MR) is 135 cm³/mol. The third-order valence-corrected chi connectivity index (χ3v) is 6.01. The average Bonchev–Trinajstić information content (AvgIpc) is 3.58. The fourth-order valence-electron chi connectivity index (χ4n) is 4.31. The molecule has 1 aliphatic heterocycles. The number of hydrogen-bond acceptors (Lipinski definition) is 9. The van der Waals surface area contributed by atoms with Gasteiger partial charge in [-0.3, -0.25) is 0 Å². The van der Waals surface area contributed by atoms with Crippen LogP contribution < -0.4 is 10.6 Å². The van der Waals surface area contributed by atoms with Gasteiger partial charge in [0.05, 0.1) is 36.9 Å². The lowest BCUT2D eigenvalue weighted by Gasteiger charge is -2.24. The second kappa shape index (κ2) is 9.84. The summed E-state index contributed by atoms with van der Waals surface area (Å²) >= 11 is 0.